The zero-order chi connectivity index (χ0) is 27.1. The van der Waals surface area contributed by atoms with Crippen LogP contribution in [0.5, 0.6) is 5.75 Å². The summed E-state index contributed by atoms with van der Waals surface area (Å²) >= 11 is 3.73. The quantitative estimate of drug-likeness (QED) is 0.135. The van der Waals surface area contributed by atoms with Crippen molar-refractivity contribution < 1.29 is 39.8 Å². The molecule has 37 heavy (non-hydrogen) atoms. The Kier molecular flexibility index (Phi) is 7.04. The van der Waals surface area contributed by atoms with Crippen molar-refractivity contribution in [3.05, 3.63) is 53.8 Å². The van der Waals surface area contributed by atoms with Crippen molar-refractivity contribution in [2.75, 3.05) is 10.6 Å². The Morgan fingerprint density at radius 2 is 1.43 bits per heavy atom. The van der Waals surface area contributed by atoms with Crippen LogP contribution in [0.15, 0.2) is 63.2 Å². The molecule has 4 aromatic rings. The summed E-state index contributed by atoms with van der Waals surface area (Å²) < 4.78 is 86.2. The maximum atomic E-state index is 11.8. The van der Waals surface area contributed by atoms with Crippen LogP contribution < -0.4 is 10.6 Å². The molecular weight excluding hydrogens is 574 g/mol. The van der Waals surface area contributed by atoms with Crippen molar-refractivity contribution in [1.29, 1.82) is 0 Å². The highest BCUT2D eigenvalue weighted by atomic mass is 35.5. The van der Waals surface area contributed by atoms with Gasteiger partial charge in [0.1, 0.15) is 5.75 Å². The molecule has 1 heterocycles. The lowest BCUT2D eigenvalue weighted by Crippen LogP contribution is -2.06. The van der Waals surface area contributed by atoms with E-state index >= 15 is 0 Å². The van der Waals surface area contributed by atoms with Gasteiger partial charge in [0.25, 0.3) is 20.2 Å². The number of phenols is 1. The highest BCUT2D eigenvalue weighted by Crippen LogP contribution is 2.37. The van der Waals surface area contributed by atoms with E-state index in [9.17, 15) is 39.8 Å². The Morgan fingerprint density at radius 3 is 2.03 bits per heavy atom. The van der Waals surface area contributed by atoms with Gasteiger partial charge in [-0.1, -0.05) is 6.07 Å². The Labute approximate surface area is 216 Å². The van der Waals surface area contributed by atoms with Gasteiger partial charge < -0.3 is 20.3 Å². The van der Waals surface area contributed by atoms with Crippen molar-refractivity contribution in [2.45, 2.75) is 14.7 Å². The predicted octanol–water partition coefficient (Wildman–Crippen LogP) is 2.95. The van der Waals surface area contributed by atoms with Crippen LogP contribution in [0.3, 0.4) is 0 Å². The highest BCUT2D eigenvalue weighted by Gasteiger charge is 2.20. The minimum atomic E-state index is -4.81. The fourth-order valence-electron chi connectivity index (χ4n) is 3.23. The van der Waals surface area contributed by atoms with Crippen molar-refractivity contribution in [1.82, 2.24) is 15.0 Å². The number of aromatic hydroxyl groups is 1. The first-order chi connectivity index (χ1) is 17.2. The van der Waals surface area contributed by atoms with Gasteiger partial charge in [-0.05, 0) is 53.4 Å². The van der Waals surface area contributed by atoms with E-state index in [1.165, 1.54) is 18.2 Å². The first kappa shape index (κ1) is 26.6. The molecule has 194 valence electrons. The van der Waals surface area contributed by atoms with E-state index in [2.05, 4.69) is 25.6 Å². The standard InChI is InChI=1S/C19H14ClN5O9S3/c20-17-23-18(21-10-2-1-3-11(6-10)35(27)28)25-19(24-17)22-14-7-12(36(29,30)31)4-9-5-13(37(32,33)34)8-15(26)16(9)14/h1-8,26H,(H,27,28)(H,29,30,31)(H,32,33,34)(H2,21,22,23,24,25). The average molecular weight is 588 g/mol. The number of benzene rings is 3. The van der Waals surface area contributed by atoms with Gasteiger partial charge in [0, 0.05) is 17.1 Å². The molecule has 0 aliphatic rings. The smallest absolute Gasteiger partial charge is 0.294 e. The number of halogens is 1. The van der Waals surface area contributed by atoms with Gasteiger partial charge >= 0.3 is 0 Å². The van der Waals surface area contributed by atoms with Gasteiger partial charge in [-0.25, -0.2) is 4.21 Å². The Morgan fingerprint density at radius 1 is 0.838 bits per heavy atom. The topological polar surface area (TPSA) is 229 Å². The molecule has 1 unspecified atom stereocenters. The number of anilines is 4. The first-order valence-electron chi connectivity index (χ1n) is 9.63. The fourth-order valence-corrected chi connectivity index (χ4v) is 4.89. The van der Waals surface area contributed by atoms with Crippen molar-refractivity contribution in [3.8, 4) is 5.75 Å². The van der Waals surface area contributed by atoms with Gasteiger partial charge in [-0.2, -0.15) is 31.8 Å². The average Bonchev–Trinajstić information content (AvgIpc) is 2.77. The van der Waals surface area contributed by atoms with Crippen LogP contribution in [0.25, 0.3) is 10.8 Å². The molecule has 0 aliphatic carbocycles. The number of rotatable bonds is 7. The summed E-state index contributed by atoms with van der Waals surface area (Å²) in [6.45, 7) is 0. The lowest BCUT2D eigenvalue weighted by atomic mass is 10.1. The van der Waals surface area contributed by atoms with E-state index in [1.54, 1.807) is 6.07 Å². The second-order valence-electron chi connectivity index (χ2n) is 7.24. The van der Waals surface area contributed by atoms with Crippen LogP contribution in [-0.4, -0.2) is 54.8 Å². The summed E-state index contributed by atoms with van der Waals surface area (Å²) in [6, 6.07) is 9.26. The molecule has 0 aliphatic heterocycles. The molecule has 0 fully saturated rings. The molecule has 14 nitrogen and oxygen atoms in total. The first-order valence-corrected chi connectivity index (χ1v) is 14.0. The lowest BCUT2D eigenvalue weighted by molar-refractivity contribution is 0.471. The zero-order valence-corrected chi connectivity index (χ0v) is 21.1. The molecule has 0 bridgehead atoms. The molecule has 0 amide bonds. The molecular formula is C19H14ClN5O9S3. The summed E-state index contributed by atoms with van der Waals surface area (Å²) in [5.74, 6) is -1.06. The number of phenolic OH excluding ortho intramolecular Hbond substituents is 1. The monoisotopic (exact) mass is 587 g/mol. The SMILES string of the molecule is O=S(O)c1cccc(Nc2nc(Cl)nc(Nc3cc(S(=O)(=O)O)cc4cc(S(=O)(=O)O)cc(O)c34)n2)c1. The minimum Gasteiger partial charge on any atom is -0.507 e. The molecule has 0 spiro atoms. The molecule has 6 N–H and O–H groups in total. The Bertz CT molecular complexity index is 1800. The third-order valence-electron chi connectivity index (χ3n) is 4.72. The third-order valence-corrected chi connectivity index (χ3v) is 7.21. The van der Waals surface area contributed by atoms with E-state index in [1.807, 2.05) is 0 Å². The molecule has 0 saturated carbocycles. The summed E-state index contributed by atoms with van der Waals surface area (Å²) in [7, 11) is -9.58. The van der Waals surface area contributed by atoms with Gasteiger partial charge in [-0.15, -0.1) is 0 Å². The Hall–Kier alpha value is -3.45. The van der Waals surface area contributed by atoms with Crippen LogP contribution in [0.1, 0.15) is 0 Å². The van der Waals surface area contributed by atoms with Gasteiger partial charge in [0.2, 0.25) is 17.2 Å². The van der Waals surface area contributed by atoms with E-state index < -0.39 is 46.9 Å². The van der Waals surface area contributed by atoms with E-state index in [0.29, 0.717) is 5.69 Å². The second kappa shape index (κ2) is 9.78. The molecule has 0 radical (unpaired) electrons. The zero-order valence-electron chi connectivity index (χ0n) is 17.9. The molecule has 18 heteroatoms. The molecule has 0 saturated heterocycles. The summed E-state index contributed by atoms with van der Waals surface area (Å²) in [4.78, 5) is 10.5. The number of nitrogens with one attached hydrogen (secondary N) is 2. The third kappa shape index (κ3) is 6.10. The van der Waals surface area contributed by atoms with Crippen LogP contribution in [0, 0.1) is 0 Å². The molecule has 1 aromatic heterocycles. The van der Waals surface area contributed by atoms with Crippen LogP contribution in [0.2, 0.25) is 5.28 Å². The lowest BCUT2D eigenvalue weighted by Gasteiger charge is -2.14. The molecule has 1 atom stereocenters. The molecule has 3 aromatic carbocycles. The van der Waals surface area contributed by atoms with E-state index in [-0.39, 0.29) is 38.5 Å². The number of hydrogen-bond acceptors (Lipinski definition) is 11. The van der Waals surface area contributed by atoms with Crippen molar-refractivity contribution >= 4 is 77.0 Å². The summed E-state index contributed by atoms with van der Waals surface area (Å²) in [5, 5.41) is 15.3. The van der Waals surface area contributed by atoms with Crippen LogP contribution in [-0.2, 0) is 31.3 Å². The fraction of sp³-hybridized carbons (Fsp3) is 0. The van der Waals surface area contributed by atoms with Crippen molar-refractivity contribution in [3.63, 3.8) is 0 Å². The number of fused-ring (bicyclic) bond motifs is 1. The summed E-state index contributed by atoms with van der Waals surface area (Å²) in [6.07, 6.45) is 0. The molecule has 4 rings (SSSR count). The minimum absolute atomic E-state index is 0.0942. The summed E-state index contributed by atoms with van der Waals surface area (Å²) in [5.41, 5.74) is 0.137. The van der Waals surface area contributed by atoms with Crippen LogP contribution >= 0.6 is 11.6 Å². The number of nitrogens with zero attached hydrogens (tertiary/aromatic N) is 3. The normalized spacial score (nSPS) is 12.9. The maximum absolute atomic E-state index is 11.8. The van der Waals surface area contributed by atoms with Gasteiger partial charge in [0.15, 0.2) is 11.1 Å². The van der Waals surface area contributed by atoms with E-state index in [0.717, 1.165) is 24.3 Å². The second-order valence-corrected chi connectivity index (χ2v) is 11.4. The predicted molar refractivity (Wildman–Crippen MR) is 132 cm³/mol. The number of hydrogen-bond donors (Lipinski definition) is 6. The number of aromatic nitrogens is 3. The largest absolute Gasteiger partial charge is 0.507 e. The van der Waals surface area contributed by atoms with Gasteiger partial charge in [0.05, 0.1) is 20.4 Å². The Balaban J connectivity index is 1.82. The maximum Gasteiger partial charge on any atom is 0.294 e. The van der Waals surface area contributed by atoms with E-state index in [4.69, 9.17) is 11.6 Å². The van der Waals surface area contributed by atoms with Gasteiger partial charge in [-0.3, -0.25) is 9.11 Å². The van der Waals surface area contributed by atoms with Crippen LogP contribution in [0.4, 0.5) is 23.3 Å². The van der Waals surface area contributed by atoms with Crippen molar-refractivity contribution in [2.24, 2.45) is 0 Å². The highest BCUT2D eigenvalue weighted by molar-refractivity contribution is 7.86.